The molecule has 7 nitrogen and oxygen atoms in total. The summed E-state index contributed by atoms with van der Waals surface area (Å²) in [5, 5.41) is 3.39. The van der Waals surface area contributed by atoms with Gasteiger partial charge >= 0.3 is 11.9 Å². The van der Waals surface area contributed by atoms with Crippen molar-refractivity contribution in [2.45, 2.75) is 32.0 Å². The lowest BCUT2D eigenvalue weighted by molar-refractivity contribution is -0.147. The van der Waals surface area contributed by atoms with Crippen LogP contribution in [0.15, 0.2) is 4.79 Å². The first-order valence-electron chi connectivity index (χ1n) is 6.78. The molecular weight excluding hydrogens is 325 g/mol. The van der Waals surface area contributed by atoms with Crippen LogP contribution in [0, 0.1) is 0 Å². The number of hydrogen-bond donors (Lipinski definition) is 0. The summed E-state index contributed by atoms with van der Waals surface area (Å²) in [5.74, 6) is -1.28. The van der Waals surface area contributed by atoms with E-state index in [9.17, 15) is 26.4 Å². The van der Waals surface area contributed by atoms with Gasteiger partial charge in [0.2, 0.25) is 15.8 Å². The second-order valence-corrected chi connectivity index (χ2v) is 7.40. The Bertz CT molecular complexity index is 699. The topological polar surface area (TPSA) is 77.2 Å². The molecule has 0 spiro atoms. The van der Waals surface area contributed by atoms with Crippen LogP contribution < -0.4 is 5.69 Å². The van der Waals surface area contributed by atoms with Crippen molar-refractivity contribution in [1.29, 1.82) is 0 Å². The maximum atomic E-state index is 12.8. The fourth-order valence-electron chi connectivity index (χ4n) is 2.49. The minimum atomic E-state index is -4.70. The molecule has 2 rings (SSSR count). The quantitative estimate of drug-likeness (QED) is 0.805. The van der Waals surface area contributed by atoms with Gasteiger partial charge in [0.15, 0.2) is 0 Å². The lowest BCUT2D eigenvalue weighted by Gasteiger charge is -2.30. The minimum Gasteiger partial charge on any atom is -0.274 e. The van der Waals surface area contributed by atoms with Crippen molar-refractivity contribution in [2.75, 3.05) is 18.8 Å². The Morgan fingerprint density at radius 3 is 2.23 bits per heavy atom. The highest BCUT2D eigenvalue weighted by molar-refractivity contribution is 7.89. The van der Waals surface area contributed by atoms with E-state index >= 15 is 0 Å². The summed E-state index contributed by atoms with van der Waals surface area (Å²) < 4.78 is 64.3. The van der Waals surface area contributed by atoms with E-state index in [4.69, 9.17) is 0 Å². The van der Waals surface area contributed by atoms with Gasteiger partial charge in [0.05, 0.1) is 11.8 Å². The molecule has 1 aromatic heterocycles. The molecule has 0 atom stereocenters. The lowest BCUT2D eigenvalue weighted by Crippen LogP contribution is -2.41. The summed E-state index contributed by atoms with van der Waals surface area (Å²) in [4.78, 5) is 11.9. The molecule has 0 amide bonds. The zero-order valence-electron chi connectivity index (χ0n) is 12.2. The van der Waals surface area contributed by atoms with Crippen molar-refractivity contribution in [3.05, 3.63) is 16.3 Å². The summed E-state index contributed by atoms with van der Waals surface area (Å²) in [5.41, 5.74) is -0.843. The first-order chi connectivity index (χ1) is 10.1. The molecule has 126 valence electrons. The molecule has 2 heterocycles. The standard InChI is InChI=1S/C11H17F3N4O3S/c1-3-22(20,21)17-6-4-8(5-7-17)18-10(19)16(2)9(15-18)11(12,13)14/h8H,3-7H2,1-2H3. The van der Waals surface area contributed by atoms with Gasteiger partial charge < -0.3 is 0 Å². The van der Waals surface area contributed by atoms with Crippen LogP contribution in [-0.2, 0) is 23.2 Å². The summed E-state index contributed by atoms with van der Waals surface area (Å²) in [6.45, 7) is 1.87. The number of halogens is 3. The second kappa shape index (κ2) is 5.69. The average Bonchev–Trinajstić information content (AvgIpc) is 2.75. The average molecular weight is 342 g/mol. The number of sulfonamides is 1. The van der Waals surface area contributed by atoms with Crippen LogP contribution in [0.4, 0.5) is 13.2 Å². The highest BCUT2D eigenvalue weighted by Crippen LogP contribution is 2.28. The van der Waals surface area contributed by atoms with E-state index in [-0.39, 0.29) is 31.7 Å². The first kappa shape index (κ1) is 17.0. The number of nitrogens with zero attached hydrogens (tertiary/aromatic N) is 4. The third-order valence-electron chi connectivity index (χ3n) is 3.78. The maximum absolute atomic E-state index is 12.8. The largest absolute Gasteiger partial charge is 0.451 e. The number of aromatic nitrogens is 3. The number of alkyl halides is 3. The SMILES string of the molecule is CCS(=O)(=O)N1CCC(n2nc(C(F)(F)F)n(C)c2=O)CC1. The number of hydrogen-bond acceptors (Lipinski definition) is 4. The van der Waals surface area contributed by atoms with Gasteiger partial charge in [0, 0.05) is 20.1 Å². The normalized spacial score (nSPS) is 18.8. The van der Waals surface area contributed by atoms with E-state index < -0.39 is 33.8 Å². The van der Waals surface area contributed by atoms with Gasteiger partial charge in [-0.25, -0.2) is 22.2 Å². The van der Waals surface area contributed by atoms with Gasteiger partial charge in [-0.15, -0.1) is 5.10 Å². The third-order valence-corrected chi connectivity index (χ3v) is 5.67. The Kier molecular flexibility index (Phi) is 4.39. The van der Waals surface area contributed by atoms with Crippen LogP contribution >= 0.6 is 0 Å². The smallest absolute Gasteiger partial charge is 0.274 e. The molecule has 22 heavy (non-hydrogen) atoms. The molecule has 0 aliphatic carbocycles. The Morgan fingerprint density at radius 2 is 1.82 bits per heavy atom. The van der Waals surface area contributed by atoms with E-state index in [0.29, 0.717) is 4.57 Å². The van der Waals surface area contributed by atoms with Crippen molar-refractivity contribution in [3.63, 3.8) is 0 Å². The molecule has 1 aliphatic rings. The molecule has 0 bridgehead atoms. The summed E-state index contributed by atoms with van der Waals surface area (Å²) in [7, 11) is -2.30. The molecular formula is C11H17F3N4O3S. The molecule has 0 unspecified atom stereocenters. The Labute approximate surface area is 125 Å². The maximum Gasteiger partial charge on any atom is 0.451 e. The van der Waals surface area contributed by atoms with Gasteiger partial charge in [-0.2, -0.15) is 13.2 Å². The monoisotopic (exact) mass is 342 g/mol. The van der Waals surface area contributed by atoms with Crippen LogP contribution in [0.25, 0.3) is 0 Å². The lowest BCUT2D eigenvalue weighted by atomic mass is 10.1. The van der Waals surface area contributed by atoms with Gasteiger partial charge in [-0.1, -0.05) is 0 Å². The van der Waals surface area contributed by atoms with Crippen molar-refractivity contribution in [1.82, 2.24) is 18.7 Å². The Hall–Kier alpha value is -1.36. The predicted molar refractivity (Wildman–Crippen MR) is 71.8 cm³/mol. The van der Waals surface area contributed by atoms with Crippen LogP contribution in [0.2, 0.25) is 0 Å². The van der Waals surface area contributed by atoms with Gasteiger partial charge in [0.25, 0.3) is 0 Å². The first-order valence-corrected chi connectivity index (χ1v) is 8.39. The molecule has 0 N–H and O–H groups in total. The van der Waals surface area contributed by atoms with Crippen LogP contribution in [0.5, 0.6) is 0 Å². The van der Waals surface area contributed by atoms with Crippen molar-refractivity contribution in [2.24, 2.45) is 7.05 Å². The highest BCUT2D eigenvalue weighted by Gasteiger charge is 2.39. The molecule has 1 aliphatic heterocycles. The molecule has 11 heteroatoms. The van der Waals surface area contributed by atoms with E-state index in [2.05, 4.69) is 5.10 Å². The van der Waals surface area contributed by atoms with Crippen LogP contribution in [0.3, 0.4) is 0 Å². The van der Waals surface area contributed by atoms with E-state index in [1.807, 2.05) is 0 Å². The molecule has 0 saturated carbocycles. The Morgan fingerprint density at radius 1 is 1.27 bits per heavy atom. The van der Waals surface area contributed by atoms with E-state index in [1.54, 1.807) is 0 Å². The van der Waals surface area contributed by atoms with Crippen LogP contribution in [0.1, 0.15) is 31.6 Å². The fraction of sp³-hybridized carbons (Fsp3) is 0.818. The van der Waals surface area contributed by atoms with Gasteiger partial charge in [0.1, 0.15) is 0 Å². The summed E-state index contributed by atoms with van der Waals surface area (Å²) >= 11 is 0. The fourth-order valence-corrected chi connectivity index (χ4v) is 3.62. The molecule has 0 aromatic carbocycles. The van der Waals surface area contributed by atoms with Gasteiger partial charge in [-0.3, -0.25) is 4.57 Å². The predicted octanol–water partition coefficient (Wildman–Crippen LogP) is 0.587. The third kappa shape index (κ3) is 3.05. The van der Waals surface area contributed by atoms with E-state index in [0.717, 1.165) is 11.7 Å². The molecule has 1 saturated heterocycles. The molecule has 0 radical (unpaired) electrons. The zero-order valence-corrected chi connectivity index (χ0v) is 13.0. The van der Waals surface area contributed by atoms with Crippen LogP contribution in [-0.4, -0.2) is 45.9 Å². The summed E-state index contributed by atoms with van der Waals surface area (Å²) in [6.07, 6.45) is -4.19. The number of piperidine rings is 1. The van der Waals surface area contributed by atoms with E-state index in [1.165, 1.54) is 11.2 Å². The highest BCUT2D eigenvalue weighted by atomic mass is 32.2. The van der Waals surface area contributed by atoms with Gasteiger partial charge in [-0.05, 0) is 19.8 Å². The molecule has 1 fully saturated rings. The van der Waals surface area contributed by atoms with Crippen molar-refractivity contribution >= 4 is 10.0 Å². The summed E-state index contributed by atoms with van der Waals surface area (Å²) in [6, 6.07) is -0.530. The van der Waals surface area contributed by atoms with Crippen molar-refractivity contribution < 1.29 is 21.6 Å². The van der Waals surface area contributed by atoms with Crippen molar-refractivity contribution in [3.8, 4) is 0 Å². The second-order valence-electron chi connectivity index (χ2n) is 5.14. The number of rotatable bonds is 3. The molecule has 1 aromatic rings. The minimum absolute atomic E-state index is 0.0283. The zero-order chi connectivity index (χ0) is 16.7. The Balaban J connectivity index is 2.21.